The zero-order valence-electron chi connectivity index (χ0n) is 14.4. The van der Waals surface area contributed by atoms with Crippen LogP contribution >= 0.6 is 0 Å². The van der Waals surface area contributed by atoms with E-state index in [1.807, 2.05) is 0 Å². The van der Waals surface area contributed by atoms with Gasteiger partial charge in [-0.05, 0) is 30.7 Å². The van der Waals surface area contributed by atoms with Crippen LogP contribution in [0.25, 0.3) is 0 Å². The number of benzene rings is 2. The minimum absolute atomic E-state index is 0.0137. The number of hydrogen-bond donors (Lipinski definition) is 3. The number of unbranched alkanes of at least 4 members (excludes halogenated alkanes) is 2. The van der Waals surface area contributed by atoms with Crippen molar-refractivity contribution in [2.24, 2.45) is 5.14 Å². The molecule has 26 heavy (non-hydrogen) atoms. The largest absolute Gasteiger partial charge is 0.478 e. The summed E-state index contributed by atoms with van der Waals surface area (Å²) in [4.78, 5) is 11.0. The van der Waals surface area contributed by atoms with E-state index in [0.29, 0.717) is 12.3 Å². The number of para-hydroxylation sites is 1. The number of carboxylic acid groups (broad SMARTS) is 1. The van der Waals surface area contributed by atoms with Gasteiger partial charge in [-0.3, -0.25) is 0 Å². The van der Waals surface area contributed by atoms with Crippen LogP contribution < -0.4 is 15.2 Å². The van der Waals surface area contributed by atoms with Crippen LogP contribution in [0.15, 0.2) is 47.4 Å². The third-order valence-electron chi connectivity index (χ3n) is 3.67. The molecule has 2 aromatic carbocycles. The number of carbonyl (C=O) groups is 1. The number of rotatable bonds is 9. The third-order valence-corrected chi connectivity index (χ3v) is 4.58. The van der Waals surface area contributed by atoms with Crippen LogP contribution in [0.4, 0.5) is 5.69 Å². The van der Waals surface area contributed by atoms with Crippen LogP contribution in [0.5, 0.6) is 11.5 Å². The number of hydrogen-bond acceptors (Lipinski definition) is 5. The number of nitrogens with two attached hydrogens (primary N) is 1. The van der Waals surface area contributed by atoms with E-state index in [1.165, 1.54) is 6.07 Å². The average Bonchev–Trinajstić information content (AvgIpc) is 2.59. The van der Waals surface area contributed by atoms with Crippen molar-refractivity contribution in [1.82, 2.24) is 0 Å². The summed E-state index contributed by atoms with van der Waals surface area (Å²) in [6, 6.07) is 11.0. The van der Waals surface area contributed by atoms with Crippen molar-refractivity contribution in [2.45, 2.75) is 31.1 Å². The van der Waals surface area contributed by atoms with E-state index in [4.69, 9.17) is 9.88 Å². The van der Waals surface area contributed by atoms with Gasteiger partial charge in [0.15, 0.2) is 5.75 Å². The molecule has 0 radical (unpaired) electrons. The van der Waals surface area contributed by atoms with Crippen molar-refractivity contribution in [3.8, 4) is 11.5 Å². The van der Waals surface area contributed by atoms with Crippen LogP contribution in [0.1, 0.15) is 36.5 Å². The molecule has 0 heterocycles. The zero-order chi connectivity index (χ0) is 19.2. The van der Waals surface area contributed by atoms with Crippen LogP contribution in [-0.4, -0.2) is 26.0 Å². The molecule has 0 saturated heterocycles. The Kier molecular flexibility index (Phi) is 6.59. The van der Waals surface area contributed by atoms with Gasteiger partial charge in [0.05, 0.1) is 11.3 Å². The van der Waals surface area contributed by atoms with Gasteiger partial charge >= 0.3 is 5.97 Å². The number of sulfonamides is 1. The lowest BCUT2D eigenvalue weighted by Gasteiger charge is -2.17. The Balaban J connectivity index is 2.53. The Hall–Kier alpha value is -2.58. The topological polar surface area (TPSA) is 119 Å². The molecule has 0 saturated carbocycles. The number of nitrogens with one attached hydrogen (secondary N) is 1. The number of carboxylic acids is 1. The van der Waals surface area contributed by atoms with Crippen molar-refractivity contribution in [3.05, 3.63) is 48.0 Å². The fraction of sp³-hybridized carbons (Fsp3) is 0.278. The van der Waals surface area contributed by atoms with E-state index >= 15 is 0 Å². The Labute approximate surface area is 152 Å². The van der Waals surface area contributed by atoms with E-state index in [2.05, 4.69) is 12.2 Å². The maximum atomic E-state index is 12.0. The third kappa shape index (κ3) is 5.21. The maximum Gasteiger partial charge on any atom is 0.335 e. The fourth-order valence-corrected chi connectivity index (χ4v) is 3.08. The molecule has 0 amide bonds. The van der Waals surface area contributed by atoms with E-state index in [1.54, 1.807) is 30.3 Å². The summed E-state index contributed by atoms with van der Waals surface area (Å²) in [6.45, 7) is 2.61. The van der Waals surface area contributed by atoms with Crippen LogP contribution in [0, 0.1) is 0 Å². The van der Waals surface area contributed by atoms with Crippen molar-refractivity contribution >= 4 is 21.7 Å². The standard InChI is InChI=1S/C18H22N2O5S/c1-2-3-7-10-20-15-11-13(18(21)22)12-16(26(19,23)24)17(15)25-14-8-5-4-6-9-14/h4-6,8-9,11-12,20H,2-3,7,10H2,1H3,(H,21,22)(H2,19,23,24). The molecule has 0 aromatic heterocycles. The second-order valence-electron chi connectivity index (χ2n) is 5.75. The molecule has 140 valence electrons. The highest BCUT2D eigenvalue weighted by Gasteiger charge is 2.23. The Morgan fingerprint density at radius 1 is 1.19 bits per heavy atom. The molecule has 2 rings (SSSR count). The van der Waals surface area contributed by atoms with Crippen LogP contribution in [0.2, 0.25) is 0 Å². The minimum atomic E-state index is -4.20. The summed E-state index contributed by atoms with van der Waals surface area (Å²) >= 11 is 0. The van der Waals surface area contributed by atoms with Gasteiger partial charge in [0.1, 0.15) is 10.6 Å². The Bertz CT molecular complexity index is 867. The molecule has 0 spiro atoms. The second-order valence-corrected chi connectivity index (χ2v) is 7.28. The molecule has 0 unspecified atom stereocenters. The predicted molar refractivity (Wildman–Crippen MR) is 99.3 cm³/mol. The molecule has 0 atom stereocenters. The molecule has 0 bridgehead atoms. The highest BCUT2D eigenvalue weighted by molar-refractivity contribution is 7.89. The van der Waals surface area contributed by atoms with Gasteiger partial charge in [0.2, 0.25) is 10.0 Å². The maximum absolute atomic E-state index is 12.0. The first-order valence-electron chi connectivity index (χ1n) is 8.24. The molecule has 8 heteroatoms. The predicted octanol–water partition coefficient (Wildman–Crippen LogP) is 3.43. The molecule has 0 aliphatic rings. The van der Waals surface area contributed by atoms with Gasteiger partial charge in [-0.2, -0.15) is 0 Å². The number of ether oxygens (including phenoxy) is 1. The van der Waals surface area contributed by atoms with Gasteiger partial charge in [-0.1, -0.05) is 38.0 Å². The highest BCUT2D eigenvalue weighted by Crippen LogP contribution is 2.37. The molecular formula is C18H22N2O5S. The highest BCUT2D eigenvalue weighted by atomic mass is 32.2. The van der Waals surface area contributed by atoms with Crippen molar-refractivity contribution < 1.29 is 23.1 Å². The van der Waals surface area contributed by atoms with Gasteiger partial charge < -0.3 is 15.2 Å². The van der Waals surface area contributed by atoms with Crippen molar-refractivity contribution in [3.63, 3.8) is 0 Å². The van der Waals surface area contributed by atoms with Crippen molar-refractivity contribution in [1.29, 1.82) is 0 Å². The van der Waals surface area contributed by atoms with E-state index in [0.717, 1.165) is 25.3 Å². The van der Waals surface area contributed by atoms with Crippen LogP contribution in [-0.2, 0) is 10.0 Å². The quantitative estimate of drug-likeness (QED) is 0.575. The Morgan fingerprint density at radius 3 is 2.46 bits per heavy atom. The first kappa shape index (κ1) is 19.7. The average molecular weight is 378 g/mol. The summed E-state index contributed by atoms with van der Waals surface area (Å²) in [5.74, 6) is -0.852. The fourth-order valence-electron chi connectivity index (χ4n) is 2.38. The first-order chi connectivity index (χ1) is 12.3. The van der Waals surface area contributed by atoms with Gasteiger partial charge in [-0.15, -0.1) is 0 Å². The molecule has 0 aliphatic carbocycles. The lowest BCUT2D eigenvalue weighted by molar-refractivity contribution is 0.0696. The second kappa shape index (κ2) is 8.68. The van der Waals surface area contributed by atoms with Crippen LogP contribution in [0.3, 0.4) is 0 Å². The summed E-state index contributed by atoms with van der Waals surface area (Å²) in [7, 11) is -4.20. The smallest absolute Gasteiger partial charge is 0.335 e. The van der Waals surface area contributed by atoms with Crippen molar-refractivity contribution in [2.75, 3.05) is 11.9 Å². The SMILES string of the molecule is CCCCCNc1cc(C(=O)O)cc(S(N)(=O)=O)c1Oc1ccccc1. The Morgan fingerprint density at radius 2 is 1.88 bits per heavy atom. The van der Waals surface area contributed by atoms with Gasteiger partial charge in [0, 0.05) is 6.54 Å². The monoisotopic (exact) mass is 378 g/mol. The van der Waals surface area contributed by atoms with E-state index < -0.39 is 16.0 Å². The van der Waals surface area contributed by atoms with E-state index in [9.17, 15) is 18.3 Å². The molecule has 4 N–H and O–H groups in total. The molecule has 0 fully saturated rings. The lowest BCUT2D eigenvalue weighted by Crippen LogP contribution is -2.16. The minimum Gasteiger partial charge on any atom is -0.478 e. The van der Waals surface area contributed by atoms with Gasteiger partial charge in [0.25, 0.3) is 0 Å². The molecule has 0 aliphatic heterocycles. The summed E-state index contributed by atoms with van der Waals surface area (Å²) < 4.78 is 29.8. The molecular weight excluding hydrogens is 356 g/mol. The normalized spacial score (nSPS) is 11.2. The number of anilines is 1. The van der Waals surface area contributed by atoms with E-state index in [-0.39, 0.29) is 21.9 Å². The lowest BCUT2D eigenvalue weighted by atomic mass is 10.1. The molecule has 7 nitrogen and oxygen atoms in total. The summed E-state index contributed by atoms with van der Waals surface area (Å²) in [5.41, 5.74) is 0.0845. The molecule has 2 aromatic rings. The number of primary sulfonamides is 1. The van der Waals surface area contributed by atoms with Gasteiger partial charge in [-0.25, -0.2) is 18.4 Å². The zero-order valence-corrected chi connectivity index (χ0v) is 15.3. The summed E-state index contributed by atoms with van der Waals surface area (Å²) in [6.07, 6.45) is 2.86. The number of aromatic carboxylic acids is 1. The summed E-state index contributed by atoms with van der Waals surface area (Å²) in [5, 5.41) is 17.7. The first-order valence-corrected chi connectivity index (χ1v) is 9.78.